The van der Waals surface area contributed by atoms with E-state index in [0.717, 1.165) is 19.3 Å². The number of hydrogen-bond acceptors (Lipinski definition) is 3. The molecule has 1 aromatic carbocycles. The lowest BCUT2D eigenvalue weighted by Gasteiger charge is -2.03. The van der Waals surface area contributed by atoms with Gasteiger partial charge in [0.2, 0.25) is 0 Å². The molecule has 15 heavy (non-hydrogen) atoms. The minimum Gasteiger partial charge on any atom is -0.462 e. The molecule has 0 aliphatic carbocycles. The Morgan fingerprint density at radius 2 is 1.87 bits per heavy atom. The zero-order chi connectivity index (χ0) is 10.9. The van der Waals surface area contributed by atoms with Gasteiger partial charge in [0.1, 0.15) is 0 Å². The monoisotopic (exact) mass is 207 g/mol. The van der Waals surface area contributed by atoms with Gasteiger partial charge in [-0.3, -0.25) is 0 Å². The molecule has 0 aliphatic heterocycles. The lowest BCUT2D eigenvalue weighted by Crippen LogP contribution is -2.06. The van der Waals surface area contributed by atoms with Gasteiger partial charge < -0.3 is 10.5 Å². The van der Waals surface area contributed by atoms with Gasteiger partial charge in [0.05, 0.1) is 12.2 Å². The van der Waals surface area contributed by atoms with Crippen LogP contribution in [0.15, 0.2) is 30.3 Å². The van der Waals surface area contributed by atoms with Gasteiger partial charge >= 0.3 is 5.97 Å². The molecule has 0 bridgehead atoms. The molecule has 0 unspecified atom stereocenters. The highest BCUT2D eigenvalue weighted by Crippen LogP contribution is 2.02. The summed E-state index contributed by atoms with van der Waals surface area (Å²) in [6.07, 6.45) is 2.89. The molecule has 0 radical (unpaired) electrons. The molecule has 0 atom stereocenters. The van der Waals surface area contributed by atoms with E-state index in [9.17, 15) is 4.79 Å². The fourth-order valence-electron chi connectivity index (χ4n) is 1.25. The topological polar surface area (TPSA) is 52.3 Å². The smallest absolute Gasteiger partial charge is 0.338 e. The maximum Gasteiger partial charge on any atom is 0.338 e. The van der Waals surface area contributed by atoms with E-state index in [4.69, 9.17) is 10.5 Å². The van der Waals surface area contributed by atoms with Crippen LogP contribution in [0.25, 0.3) is 0 Å². The second-order valence-corrected chi connectivity index (χ2v) is 3.35. The number of carbonyl (C=O) groups is 1. The Hall–Kier alpha value is -1.35. The quantitative estimate of drug-likeness (QED) is 0.573. The molecule has 0 spiro atoms. The molecule has 3 heteroatoms. The maximum absolute atomic E-state index is 11.4. The van der Waals surface area contributed by atoms with E-state index in [1.54, 1.807) is 12.1 Å². The van der Waals surface area contributed by atoms with Crippen molar-refractivity contribution in [2.24, 2.45) is 5.73 Å². The van der Waals surface area contributed by atoms with Crippen LogP contribution in [-0.4, -0.2) is 19.1 Å². The van der Waals surface area contributed by atoms with Crippen LogP contribution in [-0.2, 0) is 4.74 Å². The van der Waals surface area contributed by atoms with Crippen LogP contribution in [0.5, 0.6) is 0 Å². The highest BCUT2D eigenvalue weighted by molar-refractivity contribution is 5.89. The summed E-state index contributed by atoms with van der Waals surface area (Å²) < 4.78 is 5.09. The molecule has 1 rings (SSSR count). The highest BCUT2D eigenvalue weighted by atomic mass is 16.5. The number of ether oxygens (including phenoxy) is 1. The van der Waals surface area contributed by atoms with Gasteiger partial charge in [0.25, 0.3) is 0 Å². The van der Waals surface area contributed by atoms with Crippen LogP contribution in [0.2, 0.25) is 0 Å². The first-order valence-corrected chi connectivity index (χ1v) is 5.27. The summed E-state index contributed by atoms with van der Waals surface area (Å²) in [5.74, 6) is -0.247. The van der Waals surface area contributed by atoms with E-state index in [1.807, 2.05) is 18.2 Å². The van der Waals surface area contributed by atoms with E-state index in [1.165, 1.54) is 0 Å². The summed E-state index contributed by atoms with van der Waals surface area (Å²) in [5, 5.41) is 0. The SMILES string of the molecule is NCCCCCOC(=O)c1ccccc1. The van der Waals surface area contributed by atoms with E-state index in [0.29, 0.717) is 18.7 Å². The fraction of sp³-hybridized carbons (Fsp3) is 0.417. The largest absolute Gasteiger partial charge is 0.462 e. The van der Waals surface area contributed by atoms with Gasteiger partial charge in [-0.25, -0.2) is 4.79 Å². The standard InChI is InChI=1S/C12H17NO2/c13-9-5-2-6-10-15-12(14)11-7-3-1-4-8-11/h1,3-4,7-8H,2,5-6,9-10,13H2. The molecule has 0 saturated carbocycles. The minimum atomic E-state index is -0.247. The Morgan fingerprint density at radius 1 is 1.13 bits per heavy atom. The van der Waals surface area contributed by atoms with Gasteiger partial charge in [0, 0.05) is 0 Å². The first-order valence-electron chi connectivity index (χ1n) is 5.27. The van der Waals surface area contributed by atoms with Crippen molar-refractivity contribution < 1.29 is 9.53 Å². The molecule has 0 fully saturated rings. The van der Waals surface area contributed by atoms with Crippen molar-refractivity contribution in [3.63, 3.8) is 0 Å². The summed E-state index contributed by atoms with van der Waals surface area (Å²) in [4.78, 5) is 11.4. The molecule has 0 saturated heterocycles. The summed E-state index contributed by atoms with van der Waals surface area (Å²) >= 11 is 0. The summed E-state index contributed by atoms with van der Waals surface area (Å²) in [7, 11) is 0. The van der Waals surface area contributed by atoms with Crippen LogP contribution >= 0.6 is 0 Å². The lowest BCUT2D eigenvalue weighted by molar-refractivity contribution is 0.0498. The third kappa shape index (κ3) is 4.61. The molecule has 0 amide bonds. The number of esters is 1. The zero-order valence-corrected chi connectivity index (χ0v) is 8.82. The third-order valence-electron chi connectivity index (χ3n) is 2.09. The number of carbonyl (C=O) groups excluding carboxylic acids is 1. The van der Waals surface area contributed by atoms with Crippen molar-refractivity contribution in [1.82, 2.24) is 0 Å². The molecule has 3 nitrogen and oxygen atoms in total. The highest BCUT2D eigenvalue weighted by Gasteiger charge is 2.04. The Morgan fingerprint density at radius 3 is 2.53 bits per heavy atom. The Kier molecular flexibility index (Phi) is 5.48. The second kappa shape index (κ2) is 7.01. The molecule has 0 aliphatic rings. The average molecular weight is 207 g/mol. The third-order valence-corrected chi connectivity index (χ3v) is 2.09. The van der Waals surface area contributed by atoms with Gasteiger partial charge in [-0.2, -0.15) is 0 Å². The molecule has 1 aromatic rings. The number of unbranched alkanes of at least 4 members (excludes halogenated alkanes) is 2. The maximum atomic E-state index is 11.4. The molecular formula is C12H17NO2. The van der Waals surface area contributed by atoms with Crippen LogP contribution in [0.1, 0.15) is 29.6 Å². The molecule has 0 heterocycles. The first kappa shape index (κ1) is 11.7. The first-order chi connectivity index (χ1) is 7.34. The van der Waals surface area contributed by atoms with E-state index < -0.39 is 0 Å². The van der Waals surface area contributed by atoms with Crippen LogP contribution in [0.4, 0.5) is 0 Å². The van der Waals surface area contributed by atoms with Crippen molar-refractivity contribution in [2.75, 3.05) is 13.2 Å². The molecule has 0 aromatic heterocycles. The van der Waals surface area contributed by atoms with Crippen molar-refractivity contribution in [3.05, 3.63) is 35.9 Å². The normalized spacial score (nSPS) is 9.93. The van der Waals surface area contributed by atoms with Crippen LogP contribution < -0.4 is 5.73 Å². The van der Waals surface area contributed by atoms with Crippen molar-refractivity contribution in [3.8, 4) is 0 Å². The van der Waals surface area contributed by atoms with Crippen molar-refractivity contribution in [1.29, 1.82) is 0 Å². The van der Waals surface area contributed by atoms with E-state index in [-0.39, 0.29) is 5.97 Å². The molecular weight excluding hydrogens is 190 g/mol. The van der Waals surface area contributed by atoms with E-state index in [2.05, 4.69) is 0 Å². The number of benzene rings is 1. The summed E-state index contributed by atoms with van der Waals surface area (Å²) in [6, 6.07) is 9.03. The zero-order valence-electron chi connectivity index (χ0n) is 8.82. The minimum absolute atomic E-state index is 0.247. The average Bonchev–Trinajstić information content (AvgIpc) is 2.30. The molecule has 82 valence electrons. The fourth-order valence-corrected chi connectivity index (χ4v) is 1.25. The van der Waals surface area contributed by atoms with Gasteiger partial charge in [0.15, 0.2) is 0 Å². The van der Waals surface area contributed by atoms with E-state index >= 15 is 0 Å². The van der Waals surface area contributed by atoms with Crippen molar-refractivity contribution >= 4 is 5.97 Å². The Labute approximate surface area is 90.2 Å². The number of rotatable bonds is 6. The van der Waals surface area contributed by atoms with Crippen molar-refractivity contribution in [2.45, 2.75) is 19.3 Å². The Balaban J connectivity index is 2.20. The Bertz CT molecular complexity index is 285. The van der Waals surface area contributed by atoms with Crippen LogP contribution in [0.3, 0.4) is 0 Å². The van der Waals surface area contributed by atoms with Gasteiger partial charge in [-0.15, -0.1) is 0 Å². The second-order valence-electron chi connectivity index (χ2n) is 3.35. The number of hydrogen-bond donors (Lipinski definition) is 1. The summed E-state index contributed by atoms with van der Waals surface area (Å²) in [5.41, 5.74) is 5.96. The summed E-state index contributed by atoms with van der Waals surface area (Å²) in [6.45, 7) is 1.18. The lowest BCUT2D eigenvalue weighted by atomic mass is 10.2. The predicted octanol–water partition coefficient (Wildman–Crippen LogP) is 1.97. The van der Waals surface area contributed by atoms with Gasteiger partial charge in [-0.05, 0) is 37.9 Å². The van der Waals surface area contributed by atoms with Crippen LogP contribution in [0, 0.1) is 0 Å². The predicted molar refractivity (Wildman–Crippen MR) is 59.6 cm³/mol. The molecule has 2 N–H and O–H groups in total. The van der Waals surface area contributed by atoms with Gasteiger partial charge in [-0.1, -0.05) is 18.2 Å². The number of nitrogens with two attached hydrogens (primary N) is 1.